The quantitative estimate of drug-likeness (QED) is 0.365. The average Bonchev–Trinajstić information content (AvgIpc) is 2.80. The van der Waals surface area contributed by atoms with Gasteiger partial charge in [-0.2, -0.15) is 0 Å². The summed E-state index contributed by atoms with van der Waals surface area (Å²) in [5, 5.41) is 3.67. The molecule has 1 rings (SSSR count). The Morgan fingerprint density at radius 3 is 2.33 bits per heavy atom. The van der Waals surface area contributed by atoms with Gasteiger partial charge in [0, 0.05) is 15.4 Å². The SMILES string of the molecule is CCCCCCCCCC(NCCC)c1cc(Br)c(Cl)s1. The van der Waals surface area contributed by atoms with Crippen molar-refractivity contribution in [3.63, 3.8) is 0 Å². The highest BCUT2D eigenvalue weighted by Crippen LogP contribution is 2.36. The molecular formula is C17H29BrClNS. The Hall–Kier alpha value is 0.430. The molecule has 0 saturated heterocycles. The predicted molar refractivity (Wildman–Crippen MR) is 101 cm³/mol. The van der Waals surface area contributed by atoms with Crippen LogP contribution in [-0.2, 0) is 0 Å². The van der Waals surface area contributed by atoms with Crippen LogP contribution < -0.4 is 5.32 Å². The first kappa shape index (κ1) is 19.5. The van der Waals surface area contributed by atoms with Crippen LogP contribution in [0.4, 0.5) is 0 Å². The first-order valence-electron chi connectivity index (χ1n) is 8.37. The lowest BCUT2D eigenvalue weighted by Gasteiger charge is -2.17. The Labute approximate surface area is 148 Å². The second-order valence-corrected chi connectivity index (χ2v) is 8.23. The van der Waals surface area contributed by atoms with Gasteiger partial charge in [0.25, 0.3) is 0 Å². The van der Waals surface area contributed by atoms with Crippen LogP contribution in [0.3, 0.4) is 0 Å². The fraction of sp³-hybridized carbons (Fsp3) is 0.765. The molecule has 1 nitrogen and oxygen atoms in total. The normalized spacial score (nSPS) is 12.8. The van der Waals surface area contributed by atoms with Crippen molar-refractivity contribution in [2.45, 2.75) is 77.7 Å². The highest BCUT2D eigenvalue weighted by atomic mass is 79.9. The van der Waals surface area contributed by atoms with E-state index in [1.165, 1.54) is 62.7 Å². The topological polar surface area (TPSA) is 12.0 Å². The van der Waals surface area contributed by atoms with Crippen molar-refractivity contribution in [1.29, 1.82) is 0 Å². The van der Waals surface area contributed by atoms with Crippen molar-refractivity contribution in [2.75, 3.05) is 6.54 Å². The van der Waals surface area contributed by atoms with Gasteiger partial charge in [0.2, 0.25) is 0 Å². The van der Waals surface area contributed by atoms with E-state index in [1.54, 1.807) is 11.3 Å². The van der Waals surface area contributed by atoms with E-state index in [4.69, 9.17) is 11.6 Å². The lowest BCUT2D eigenvalue weighted by molar-refractivity contribution is 0.471. The number of hydrogen-bond acceptors (Lipinski definition) is 2. The largest absolute Gasteiger partial charge is 0.309 e. The Bertz CT molecular complexity index is 361. The molecule has 0 bridgehead atoms. The zero-order chi connectivity index (χ0) is 15.5. The van der Waals surface area contributed by atoms with Crippen LogP contribution in [0, 0.1) is 0 Å². The molecule has 0 aromatic carbocycles. The maximum atomic E-state index is 6.18. The van der Waals surface area contributed by atoms with E-state index in [-0.39, 0.29) is 0 Å². The molecule has 0 saturated carbocycles. The van der Waals surface area contributed by atoms with Gasteiger partial charge in [0.05, 0.1) is 0 Å². The minimum Gasteiger partial charge on any atom is -0.309 e. The Balaban J connectivity index is 2.33. The summed E-state index contributed by atoms with van der Waals surface area (Å²) in [4.78, 5) is 1.37. The molecule has 0 radical (unpaired) electrons. The third-order valence-electron chi connectivity index (χ3n) is 3.74. The number of unbranched alkanes of at least 4 members (excludes halogenated alkanes) is 6. The Kier molecular flexibility index (Phi) is 11.1. The second-order valence-electron chi connectivity index (χ2n) is 5.69. The summed E-state index contributed by atoms with van der Waals surface area (Å²) in [6.45, 7) is 5.57. The Morgan fingerprint density at radius 1 is 1.10 bits per heavy atom. The number of halogens is 2. The van der Waals surface area contributed by atoms with Crippen LogP contribution in [0.25, 0.3) is 0 Å². The minimum atomic E-state index is 0.467. The molecular weight excluding hydrogens is 366 g/mol. The van der Waals surface area contributed by atoms with Gasteiger partial charge in [-0.1, -0.05) is 70.4 Å². The van der Waals surface area contributed by atoms with E-state index in [1.807, 2.05) is 0 Å². The molecule has 21 heavy (non-hydrogen) atoms. The molecule has 0 aliphatic carbocycles. The van der Waals surface area contributed by atoms with Gasteiger partial charge in [-0.3, -0.25) is 0 Å². The van der Waals surface area contributed by atoms with E-state index in [0.29, 0.717) is 6.04 Å². The van der Waals surface area contributed by atoms with Crippen molar-refractivity contribution in [3.8, 4) is 0 Å². The van der Waals surface area contributed by atoms with Crippen LogP contribution >= 0.6 is 38.9 Å². The predicted octanol–water partition coefficient (Wildman–Crippen LogP) is 7.35. The molecule has 1 unspecified atom stereocenters. The summed E-state index contributed by atoms with van der Waals surface area (Å²) < 4.78 is 1.90. The van der Waals surface area contributed by atoms with Crippen LogP contribution in [0.5, 0.6) is 0 Å². The zero-order valence-electron chi connectivity index (χ0n) is 13.4. The number of hydrogen-bond donors (Lipinski definition) is 1. The van der Waals surface area contributed by atoms with Gasteiger partial charge in [0.1, 0.15) is 4.34 Å². The molecule has 122 valence electrons. The van der Waals surface area contributed by atoms with Crippen LogP contribution in [0.1, 0.15) is 82.6 Å². The highest BCUT2D eigenvalue weighted by molar-refractivity contribution is 9.10. The first-order chi connectivity index (χ1) is 10.2. The van der Waals surface area contributed by atoms with E-state index in [0.717, 1.165) is 15.4 Å². The van der Waals surface area contributed by atoms with Gasteiger partial charge in [0.15, 0.2) is 0 Å². The third kappa shape index (κ3) is 8.01. The molecule has 1 aromatic heterocycles. The molecule has 4 heteroatoms. The van der Waals surface area contributed by atoms with Crippen molar-refractivity contribution in [1.82, 2.24) is 5.32 Å². The van der Waals surface area contributed by atoms with Gasteiger partial charge in [-0.05, 0) is 41.4 Å². The third-order valence-corrected chi connectivity index (χ3v) is 6.33. The monoisotopic (exact) mass is 393 g/mol. The highest BCUT2D eigenvalue weighted by Gasteiger charge is 2.15. The fourth-order valence-corrected chi connectivity index (χ4v) is 4.35. The van der Waals surface area contributed by atoms with Gasteiger partial charge < -0.3 is 5.32 Å². The first-order valence-corrected chi connectivity index (χ1v) is 10.4. The molecule has 0 aliphatic heterocycles. The lowest BCUT2D eigenvalue weighted by Crippen LogP contribution is -2.21. The van der Waals surface area contributed by atoms with Gasteiger partial charge in [-0.15, -0.1) is 11.3 Å². The summed E-state index contributed by atoms with van der Waals surface area (Å²) in [5.41, 5.74) is 0. The summed E-state index contributed by atoms with van der Waals surface area (Å²) in [6, 6.07) is 2.65. The summed E-state index contributed by atoms with van der Waals surface area (Å²) >= 11 is 11.4. The maximum absolute atomic E-state index is 6.18. The Morgan fingerprint density at radius 2 is 1.76 bits per heavy atom. The average molecular weight is 395 g/mol. The van der Waals surface area contributed by atoms with E-state index in [2.05, 4.69) is 41.2 Å². The molecule has 1 atom stereocenters. The van der Waals surface area contributed by atoms with Gasteiger partial charge >= 0.3 is 0 Å². The van der Waals surface area contributed by atoms with Crippen LogP contribution in [0.15, 0.2) is 10.5 Å². The standard InChI is InChI=1S/C17H29BrClNS/c1-3-5-6-7-8-9-10-11-15(20-12-4-2)16-13-14(18)17(19)21-16/h13,15,20H,3-12H2,1-2H3. The maximum Gasteiger partial charge on any atom is 0.107 e. The van der Waals surface area contributed by atoms with E-state index < -0.39 is 0 Å². The van der Waals surface area contributed by atoms with Crippen molar-refractivity contribution < 1.29 is 0 Å². The molecule has 1 aromatic rings. The minimum absolute atomic E-state index is 0.467. The molecule has 0 aliphatic rings. The van der Waals surface area contributed by atoms with Crippen molar-refractivity contribution in [3.05, 3.63) is 19.8 Å². The molecule has 0 spiro atoms. The molecule has 0 fully saturated rings. The second kappa shape index (κ2) is 11.9. The number of rotatable bonds is 12. The van der Waals surface area contributed by atoms with Crippen molar-refractivity contribution in [2.24, 2.45) is 0 Å². The molecule has 0 amide bonds. The van der Waals surface area contributed by atoms with Crippen molar-refractivity contribution >= 4 is 38.9 Å². The number of nitrogens with one attached hydrogen (secondary N) is 1. The van der Waals surface area contributed by atoms with E-state index >= 15 is 0 Å². The smallest absolute Gasteiger partial charge is 0.107 e. The fourth-order valence-electron chi connectivity index (χ4n) is 2.50. The summed E-state index contributed by atoms with van der Waals surface area (Å²) in [7, 11) is 0. The number of thiophene rings is 1. The van der Waals surface area contributed by atoms with Gasteiger partial charge in [-0.25, -0.2) is 0 Å². The van der Waals surface area contributed by atoms with Crippen LogP contribution in [0.2, 0.25) is 4.34 Å². The van der Waals surface area contributed by atoms with E-state index in [9.17, 15) is 0 Å². The lowest BCUT2D eigenvalue weighted by atomic mass is 10.0. The zero-order valence-corrected chi connectivity index (χ0v) is 16.5. The molecule has 1 N–H and O–H groups in total. The summed E-state index contributed by atoms with van der Waals surface area (Å²) in [6.07, 6.45) is 12.0. The molecule has 1 heterocycles. The van der Waals surface area contributed by atoms with Crippen LogP contribution in [-0.4, -0.2) is 6.54 Å². The summed E-state index contributed by atoms with van der Waals surface area (Å²) in [5.74, 6) is 0.